The van der Waals surface area contributed by atoms with Crippen molar-refractivity contribution in [3.63, 3.8) is 0 Å². The van der Waals surface area contributed by atoms with Crippen molar-refractivity contribution in [2.24, 2.45) is 0 Å². The van der Waals surface area contributed by atoms with Crippen LogP contribution in [0.1, 0.15) is 44.7 Å². The Kier molecular flexibility index (Phi) is 4.28. The van der Waals surface area contributed by atoms with Crippen LogP contribution in [0.4, 0.5) is 10.1 Å². The van der Waals surface area contributed by atoms with Crippen LogP contribution >= 0.6 is 0 Å². The van der Waals surface area contributed by atoms with E-state index in [9.17, 15) is 9.18 Å². The lowest BCUT2D eigenvalue weighted by Crippen LogP contribution is -2.23. The second-order valence-corrected chi connectivity index (χ2v) is 5.93. The number of rotatable bonds is 3. The molecule has 6 heteroatoms. The van der Waals surface area contributed by atoms with E-state index in [0.717, 1.165) is 25.7 Å². The highest BCUT2D eigenvalue weighted by molar-refractivity contribution is 5.83. The lowest BCUT2D eigenvalue weighted by Gasteiger charge is -2.24. The summed E-state index contributed by atoms with van der Waals surface area (Å²) in [6.07, 6.45) is 5.60. The second kappa shape index (κ2) is 6.37. The van der Waals surface area contributed by atoms with Gasteiger partial charge in [0.15, 0.2) is 0 Å². The Morgan fingerprint density at radius 1 is 1.39 bits per heavy atom. The summed E-state index contributed by atoms with van der Waals surface area (Å²) in [5.74, 6) is -0.460. The third-order valence-electron chi connectivity index (χ3n) is 4.41. The Bertz CT molecular complexity index is 831. The SMILES string of the molecule is CCn1nc(C#N)c(=O)c2cc(F)c(NC3CCCCC3)cc21. The zero-order valence-corrected chi connectivity index (χ0v) is 13.1. The van der Waals surface area contributed by atoms with Gasteiger partial charge in [-0.15, -0.1) is 0 Å². The Morgan fingerprint density at radius 3 is 2.78 bits per heavy atom. The summed E-state index contributed by atoms with van der Waals surface area (Å²) in [7, 11) is 0. The normalized spacial score (nSPS) is 15.5. The minimum atomic E-state index is -0.518. The van der Waals surface area contributed by atoms with Crippen molar-refractivity contribution < 1.29 is 4.39 Å². The number of hydrogen-bond donors (Lipinski definition) is 1. The van der Waals surface area contributed by atoms with E-state index in [-0.39, 0.29) is 17.1 Å². The zero-order chi connectivity index (χ0) is 16.4. The molecule has 1 aliphatic rings. The Hall–Kier alpha value is -2.42. The van der Waals surface area contributed by atoms with Gasteiger partial charge >= 0.3 is 0 Å². The van der Waals surface area contributed by atoms with Crippen LogP contribution in [-0.4, -0.2) is 15.8 Å². The molecule has 5 nitrogen and oxygen atoms in total. The molecule has 1 N–H and O–H groups in total. The predicted octanol–water partition coefficient (Wildman–Crippen LogP) is 3.17. The maximum Gasteiger partial charge on any atom is 0.226 e. The van der Waals surface area contributed by atoms with Gasteiger partial charge in [0.25, 0.3) is 0 Å². The Labute approximate surface area is 133 Å². The third-order valence-corrected chi connectivity index (χ3v) is 4.41. The summed E-state index contributed by atoms with van der Waals surface area (Å²) in [5.41, 5.74) is 0.232. The lowest BCUT2D eigenvalue weighted by molar-refractivity contribution is 0.460. The van der Waals surface area contributed by atoms with E-state index >= 15 is 0 Å². The molecule has 1 aliphatic carbocycles. The molecule has 3 rings (SSSR count). The highest BCUT2D eigenvalue weighted by Crippen LogP contribution is 2.26. The highest BCUT2D eigenvalue weighted by atomic mass is 19.1. The standard InChI is InChI=1S/C17H19FN4O/c1-2-22-16-9-14(20-11-6-4-3-5-7-11)13(18)8-12(16)17(23)15(10-19)21-22/h8-9,11,20H,2-7H2,1H3. The average Bonchev–Trinajstić information content (AvgIpc) is 2.58. The molecule has 0 unspecified atom stereocenters. The minimum absolute atomic E-state index is 0.199. The van der Waals surface area contributed by atoms with Gasteiger partial charge in [-0.05, 0) is 31.9 Å². The van der Waals surface area contributed by atoms with Gasteiger partial charge in [0.05, 0.1) is 16.6 Å². The van der Waals surface area contributed by atoms with Crippen molar-refractivity contribution in [3.05, 3.63) is 33.9 Å². The van der Waals surface area contributed by atoms with Crippen LogP contribution in [0, 0.1) is 17.1 Å². The lowest BCUT2D eigenvalue weighted by atomic mass is 9.95. The summed E-state index contributed by atoms with van der Waals surface area (Å²) in [4.78, 5) is 12.2. The number of halogens is 1. The fraction of sp³-hybridized carbons (Fsp3) is 0.471. The molecule has 2 aromatic rings. The summed E-state index contributed by atoms with van der Waals surface area (Å²) in [5, 5.41) is 16.5. The summed E-state index contributed by atoms with van der Waals surface area (Å²) in [6.45, 7) is 2.37. The van der Waals surface area contributed by atoms with Crippen LogP contribution in [0.2, 0.25) is 0 Å². The first-order valence-electron chi connectivity index (χ1n) is 8.05. The molecule has 0 radical (unpaired) electrons. The molecule has 0 spiro atoms. The number of aryl methyl sites for hydroxylation is 1. The largest absolute Gasteiger partial charge is 0.380 e. The van der Waals surface area contributed by atoms with Crippen molar-refractivity contribution in [2.45, 2.75) is 51.6 Å². The van der Waals surface area contributed by atoms with Gasteiger partial charge in [0.1, 0.15) is 11.9 Å². The molecule has 0 atom stereocenters. The average molecular weight is 314 g/mol. The number of nitrogens with one attached hydrogen (secondary N) is 1. The van der Waals surface area contributed by atoms with Gasteiger partial charge in [-0.2, -0.15) is 10.4 Å². The molecule has 1 saturated carbocycles. The van der Waals surface area contributed by atoms with E-state index in [1.807, 2.05) is 6.92 Å². The van der Waals surface area contributed by atoms with Gasteiger partial charge in [0.2, 0.25) is 11.1 Å². The summed E-state index contributed by atoms with van der Waals surface area (Å²) >= 11 is 0. The van der Waals surface area contributed by atoms with Crippen LogP contribution in [0.3, 0.4) is 0 Å². The molecule has 1 fully saturated rings. The Morgan fingerprint density at radius 2 is 2.13 bits per heavy atom. The number of benzene rings is 1. The predicted molar refractivity (Wildman–Crippen MR) is 86.8 cm³/mol. The molecule has 1 heterocycles. The van der Waals surface area contributed by atoms with E-state index in [1.165, 1.54) is 12.5 Å². The maximum atomic E-state index is 14.4. The number of aromatic nitrogens is 2. The minimum Gasteiger partial charge on any atom is -0.380 e. The fourth-order valence-electron chi connectivity index (χ4n) is 3.20. The first kappa shape index (κ1) is 15.5. The van der Waals surface area contributed by atoms with Crippen molar-refractivity contribution >= 4 is 16.6 Å². The smallest absolute Gasteiger partial charge is 0.226 e. The van der Waals surface area contributed by atoms with Crippen molar-refractivity contribution in [1.29, 1.82) is 5.26 Å². The Balaban J connectivity index is 2.09. The zero-order valence-electron chi connectivity index (χ0n) is 13.1. The van der Waals surface area contributed by atoms with Gasteiger partial charge in [0, 0.05) is 12.6 Å². The first-order chi connectivity index (χ1) is 11.1. The number of nitrogens with zero attached hydrogens (tertiary/aromatic N) is 3. The fourth-order valence-corrected chi connectivity index (χ4v) is 3.20. The number of anilines is 1. The number of hydrogen-bond acceptors (Lipinski definition) is 4. The van der Waals surface area contributed by atoms with Gasteiger partial charge in [-0.3, -0.25) is 9.48 Å². The van der Waals surface area contributed by atoms with Crippen LogP contribution in [-0.2, 0) is 6.54 Å². The second-order valence-electron chi connectivity index (χ2n) is 5.93. The molecule has 120 valence electrons. The van der Waals surface area contributed by atoms with Gasteiger partial charge < -0.3 is 5.32 Å². The van der Waals surface area contributed by atoms with Crippen LogP contribution in [0.5, 0.6) is 0 Å². The monoisotopic (exact) mass is 314 g/mol. The summed E-state index contributed by atoms with van der Waals surface area (Å²) in [6, 6.07) is 4.90. The maximum absolute atomic E-state index is 14.4. The summed E-state index contributed by atoms with van der Waals surface area (Å²) < 4.78 is 16.0. The molecule has 1 aromatic carbocycles. The van der Waals surface area contributed by atoms with E-state index in [4.69, 9.17) is 5.26 Å². The molecule has 1 aromatic heterocycles. The number of fused-ring (bicyclic) bond motifs is 1. The quantitative estimate of drug-likeness (QED) is 0.944. The number of nitriles is 1. The van der Waals surface area contributed by atoms with Crippen LogP contribution in [0.15, 0.2) is 16.9 Å². The van der Waals surface area contributed by atoms with Crippen molar-refractivity contribution in [1.82, 2.24) is 9.78 Å². The molecule has 0 bridgehead atoms. The molecular formula is C17H19FN4O. The van der Waals surface area contributed by atoms with Gasteiger partial charge in [-0.25, -0.2) is 4.39 Å². The van der Waals surface area contributed by atoms with Crippen LogP contribution < -0.4 is 10.7 Å². The van der Waals surface area contributed by atoms with Gasteiger partial charge in [-0.1, -0.05) is 19.3 Å². The molecular weight excluding hydrogens is 295 g/mol. The topological polar surface area (TPSA) is 70.7 Å². The van der Waals surface area contributed by atoms with Crippen LogP contribution in [0.25, 0.3) is 10.9 Å². The molecule has 0 amide bonds. The molecule has 0 saturated heterocycles. The van der Waals surface area contributed by atoms with E-state index in [1.54, 1.807) is 16.8 Å². The van der Waals surface area contributed by atoms with Crippen molar-refractivity contribution in [3.8, 4) is 6.07 Å². The van der Waals surface area contributed by atoms with E-state index in [0.29, 0.717) is 17.7 Å². The third kappa shape index (κ3) is 2.91. The molecule has 23 heavy (non-hydrogen) atoms. The molecule has 0 aliphatic heterocycles. The van der Waals surface area contributed by atoms with E-state index in [2.05, 4.69) is 10.4 Å². The van der Waals surface area contributed by atoms with Crippen molar-refractivity contribution in [2.75, 3.05) is 5.32 Å². The highest BCUT2D eigenvalue weighted by Gasteiger charge is 2.17. The first-order valence-corrected chi connectivity index (χ1v) is 8.05. The van der Waals surface area contributed by atoms with E-state index < -0.39 is 11.2 Å².